The molecule has 0 radical (unpaired) electrons. The van der Waals surface area contributed by atoms with Crippen LogP contribution >= 0.6 is 0 Å². The molecule has 0 bridgehead atoms. The quantitative estimate of drug-likeness (QED) is 0.885. The molecule has 1 aromatic carbocycles. The SMILES string of the molecule is O=C(O)C1CCCCC1C(=O)Nc1ccccc1N1CCOCC1. The third-order valence-corrected chi connectivity index (χ3v) is 4.93. The smallest absolute Gasteiger partial charge is 0.307 e. The van der Waals surface area contributed by atoms with E-state index < -0.39 is 17.8 Å². The zero-order valence-corrected chi connectivity index (χ0v) is 13.7. The summed E-state index contributed by atoms with van der Waals surface area (Å²) in [5, 5.41) is 12.4. The van der Waals surface area contributed by atoms with Crippen LogP contribution in [0, 0.1) is 11.8 Å². The largest absolute Gasteiger partial charge is 0.481 e. The van der Waals surface area contributed by atoms with Gasteiger partial charge in [0.1, 0.15) is 0 Å². The molecule has 2 aliphatic rings. The third-order valence-electron chi connectivity index (χ3n) is 4.93. The highest BCUT2D eigenvalue weighted by atomic mass is 16.5. The first-order chi connectivity index (χ1) is 11.7. The van der Waals surface area contributed by atoms with E-state index in [9.17, 15) is 14.7 Å². The molecule has 1 saturated heterocycles. The molecule has 1 aliphatic heterocycles. The Bertz CT molecular complexity index is 598. The van der Waals surface area contributed by atoms with E-state index in [1.54, 1.807) is 0 Å². The Hall–Kier alpha value is -2.08. The molecule has 1 heterocycles. The van der Waals surface area contributed by atoms with Gasteiger partial charge in [-0.05, 0) is 25.0 Å². The van der Waals surface area contributed by atoms with Crippen molar-refractivity contribution >= 4 is 23.3 Å². The number of amides is 1. The van der Waals surface area contributed by atoms with E-state index in [-0.39, 0.29) is 5.91 Å². The number of para-hydroxylation sites is 2. The number of nitrogens with zero attached hydrogens (tertiary/aromatic N) is 1. The Balaban J connectivity index is 1.75. The molecule has 1 aromatic rings. The van der Waals surface area contributed by atoms with E-state index in [0.717, 1.165) is 37.3 Å². The maximum absolute atomic E-state index is 12.7. The van der Waals surface area contributed by atoms with Crippen LogP contribution in [0.5, 0.6) is 0 Å². The summed E-state index contributed by atoms with van der Waals surface area (Å²) in [6.45, 7) is 2.92. The number of carbonyl (C=O) groups is 2. The highest BCUT2D eigenvalue weighted by molar-refractivity contribution is 5.97. The molecule has 3 rings (SSSR count). The number of aliphatic carboxylic acids is 1. The van der Waals surface area contributed by atoms with Crippen LogP contribution in [-0.2, 0) is 14.3 Å². The minimum atomic E-state index is -0.865. The maximum atomic E-state index is 12.7. The van der Waals surface area contributed by atoms with Crippen molar-refractivity contribution in [2.24, 2.45) is 11.8 Å². The van der Waals surface area contributed by atoms with Gasteiger partial charge in [0.25, 0.3) is 0 Å². The van der Waals surface area contributed by atoms with Gasteiger partial charge >= 0.3 is 5.97 Å². The summed E-state index contributed by atoms with van der Waals surface area (Å²) < 4.78 is 5.38. The number of carboxylic acids is 1. The molecular formula is C18H24N2O4. The molecule has 1 amide bonds. The van der Waals surface area contributed by atoms with Gasteiger partial charge in [0.2, 0.25) is 5.91 Å². The van der Waals surface area contributed by atoms with Crippen molar-refractivity contribution in [3.8, 4) is 0 Å². The molecule has 130 valence electrons. The minimum absolute atomic E-state index is 0.178. The van der Waals surface area contributed by atoms with Gasteiger partial charge < -0.3 is 20.1 Å². The molecule has 1 aliphatic carbocycles. The number of ether oxygens (including phenoxy) is 1. The number of anilines is 2. The maximum Gasteiger partial charge on any atom is 0.307 e. The van der Waals surface area contributed by atoms with Crippen molar-refractivity contribution in [1.29, 1.82) is 0 Å². The third kappa shape index (κ3) is 3.70. The molecule has 6 nitrogen and oxygen atoms in total. The van der Waals surface area contributed by atoms with E-state index in [0.29, 0.717) is 26.1 Å². The molecule has 0 spiro atoms. The molecular weight excluding hydrogens is 308 g/mol. The fourth-order valence-corrected chi connectivity index (χ4v) is 3.63. The number of hydrogen-bond acceptors (Lipinski definition) is 4. The summed E-state index contributed by atoms with van der Waals surface area (Å²) in [7, 11) is 0. The van der Waals surface area contributed by atoms with E-state index in [4.69, 9.17) is 4.74 Å². The predicted octanol–water partition coefficient (Wildman–Crippen LogP) is 2.35. The molecule has 2 atom stereocenters. The van der Waals surface area contributed by atoms with Gasteiger partial charge in [0.15, 0.2) is 0 Å². The van der Waals surface area contributed by atoms with Crippen molar-refractivity contribution in [2.45, 2.75) is 25.7 Å². The number of benzene rings is 1. The second-order valence-electron chi connectivity index (χ2n) is 6.44. The van der Waals surface area contributed by atoms with Gasteiger partial charge in [-0.2, -0.15) is 0 Å². The predicted molar refractivity (Wildman–Crippen MR) is 91.2 cm³/mol. The number of carboxylic acid groups (broad SMARTS) is 1. The number of carbonyl (C=O) groups excluding carboxylic acids is 1. The second-order valence-corrected chi connectivity index (χ2v) is 6.44. The number of rotatable bonds is 4. The van der Waals surface area contributed by atoms with Crippen LogP contribution in [0.4, 0.5) is 11.4 Å². The van der Waals surface area contributed by atoms with Crippen molar-refractivity contribution in [1.82, 2.24) is 0 Å². The molecule has 0 aromatic heterocycles. The van der Waals surface area contributed by atoms with Crippen LogP contribution in [0.3, 0.4) is 0 Å². The van der Waals surface area contributed by atoms with Crippen molar-refractivity contribution in [3.05, 3.63) is 24.3 Å². The lowest BCUT2D eigenvalue weighted by atomic mass is 9.78. The van der Waals surface area contributed by atoms with E-state index >= 15 is 0 Å². The Morgan fingerprint density at radius 2 is 1.75 bits per heavy atom. The molecule has 6 heteroatoms. The number of nitrogens with one attached hydrogen (secondary N) is 1. The summed E-state index contributed by atoms with van der Waals surface area (Å²) in [4.78, 5) is 26.3. The van der Waals surface area contributed by atoms with E-state index in [1.165, 1.54) is 0 Å². The zero-order valence-electron chi connectivity index (χ0n) is 13.7. The highest BCUT2D eigenvalue weighted by Gasteiger charge is 2.36. The van der Waals surface area contributed by atoms with Crippen LogP contribution in [-0.4, -0.2) is 43.3 Å². The van der Waals surface area contributed by atoms with Gasteiger partial charge in [-0.15, -0.1) is 0 Å². The van der Waals surface area contributed by atoms with Crippen molar-refractivity contribution in [3.63, 3.8) is 0 Å². The minimum Gasteiger partial charge on any atom is -0.481 e. The van der Waals surface area contributed by atoms with Crippen LogP contribution in [0.1, 0.15) is 25.7 Å². The fourth-order valence-electron chi connectivity index (χ4n) is 3.63. The van der Waals surface area contributed by atoms with E-state index in [1.807, 2.05) is 24.3 Å². The van der Waals surface area contributed by atoms with E-state index in [2.05, 4.69) is 10.2 Å². The Kier molecular flexibility index (Phi) is 5.35. The second kappa shape index (κ2) is 7.66. The van der Waals surface area contributed by atoms with Crippen LogP contribution in [0.2, 0.25) is 0 Å². The molecule has 1 saturated carbocycles. The zero-order chi connectivity index (χ0) is 16.9. The number of hydrogen-bond donors (Lipinski definition) is 2. The van der Waals surface area contributed by atoms with Crippen molar-refractivity contribution in [2.75, 3.05) is 36.5 Å². The summed E-state index contributed by atoms with van der Waals surface area (Å²) in [5.41, 5.74) is 1.72. The first kappa shape index (κ1) is 16.8. The summed E-state index contributed by atoms with van der Waals surface area (Å²) >= 11 is 0. The van der Waals surface area contributed by atoms with Gasteiger partial charge in [-0.25, -0.2) is 0 Å². The normalized spacial score (nSPS) is 24.4. The molecule has 2 fully saturated rings. The fraction of sp³-hybridized carbons (Fsp3) is 0.556. The summed E-state index contributed by atoms with van der Waals surface area (Å²) in [6.07, 6.45) is 3.01. The van der Waals surface area contributed by atoms with Crippen LogP contribution in [0.25, 0.3) is 0 Å². The average Bonchev–Trinajstić information content (AvgIpc) is 2.63. The lowest BCUT2D eigenvalue weighted by molar-refractivity contribution is -0.147. The van der Waals surface area contributed by atoms with Gasteiger partial charge in [-0.1, -0.05) is 25.0 Å². The molecule has 2 unspecified atom stereocenters. The Morgan fingerprint density at radius 3 is 2.46 bits per heavy atom. The number of morpholine rings is 1. The highest BCUT2D eigenvalue weighted by Crippen LogP contribution is 2.33. The summed E-state index contributed by atoms with van der Waals surface area (Å²) in [6, 6.07) is 7.69. The van der Waals surface area contributed by atoms with Crippen LogP contribution in [0.15, 0.2) is 24.3 Å². The van der Waals surface area contributed by atoms with Crippen molar-refractivity contribution < 1.29 is 19.4 Å². The first-order valence-electron chi connectivity index (χ1n) is 8.62. The summed E-state index contributed by atoms with van der Waals surface area (Å²) in [5.74, 6) is -2.07. The van der Waals surface area contributed by atoms with Gasteiger partial charge in [-0.3, -0.25) is 9.59 Å². The lowest BCUT2D eigenvalue weighted by Gasteiger charge is -2.31. The monoisotopic (exact) mass is 332 g/mol. The Labute approximate surface area is 141 Å². The molecule has 2 N–H and O–H groups in total. The molecule has 24 heavy (non-hydrogen) atoms. The van der Waals surface area contributed by atoms with Gasteiger partial charge in [0.05, 0.1) is 36.4 Å². The first-order valence-corrected chi connectivity index (χ1v) is 8.62. The Morgan fingerprint density at radius 1 is 1.08 bits per heavy atom. The topological polar surface area (TPSA) is 78.9 Å². The lowest BCUT2D eigenvalue weighted by Crippen LogP contribution is -2.38. The van der Waals surface area contributed by atoms with Gasteiger partial charge in [0, 0.05) is 13.1 Å². The average molecular weight is 332 g/mol. The van der Waals surface area contributed by atoms with Crippen LogP contribution < -0.4 is 10.2 Å². The standard InChI is InChI=1S/C18H24N2O4/c21-17(13-5-1-2-6-14(13)18(22)23)19-15-7-3-4-8-16(15)20-9-11-24-12-10-20/h3-4,7-8,13-14H,1-2,5-6,9-12H2,(H,19,21)(H,22,23).